The second-order valence-corrected chi connectivity index (χ2v) is 8.45. The Labute approximate surface area is 204 Å². The zero-order valence-corrected chi connectivity index (χ0v) is 20.1. The van der Waals surface area contributed by atoms with Crippen LogP contribution in [0.1, 0.15) is 29.7 Å². The summed E-state index contributed by atoms with van der Waals surface area (Å²) in [4.78, 5) is 27.6. The van der Waals surface area contributed by atoms with Crippen LogP contribution in [0.25, 0.3) is 5.76 Å². The number of amides is 1. The lowest BCUT2D eigenvalue weighted by Gasteiger charge is -2.25. The van der Waals surface area contributed by atoms with Crippen molar-refractivity contribution < 1.29 is 33.6 Å². The van der Waals surface area contributed by atoms with Crippen molar-refractivity contribution in [3.63, 3.8) is 0 Å². The highest BCUT2D eigenvalue weighted by Crippen LogP contribution is 2.42. The molecule has 0 spiro atoms. The molecule has 0 unspecified atom stereocenters. The quantitative estimate of drug-likeness (QED) is 0.254. The van der Waals surface area contributed by atoms with Gasteiger partial charge in [0.05, 0.1) is 25.3 Å². The van der Waals surface area contributed by atoms with Gasteiger partial charge in [0.25, 0.3) is 11.7 Å². The van der Waals surface area contributed by atoms with Crippen molar-refractivity contribution in [2.75, 3.05) is 34.0 Å². The number of nitrogens with zero attached hydrogens (tertiary/aromatic N) is 1. The monoisotopic (exact) mass is 479 g/mol. The second kappa shape index (κ2) is 10.2. The molecule has 0 radical (unpaired) electrons. The minimum Gasteiger partial charge on any atom is -0.507 e. The van der Waals surface area contributed by atoms with Gasteiger partial charge in [-0.25, -0.2) is 0 Å². The minimum atomic E-state index is -0.823. The van der Waals surface area contributed by atoms with Crippen LogP contribution in [0.2, 0.25) is 0 Å². The van der Waals surface area contributed by atoms with E-state index in [1.807, 2.05) is 6.92 Å². The summed E-state index contributed by atoms with van der Waals surface area (Å²) in [5, 5.41) is 11.3. The average molecular weight is 480 g/mol. The van der Waals surface area contributed by atoms with Crippen molar-refractivity contribution in [1.29, 1.82) is 0 Å². The number of aliphatic hydroxyl groups is 1. The average Bonchev–Trinajstić information content (AvgIpc) is 3.36. The lowest BCUT2D eigenvalue weighted by Crippen LogP contribution is -2.32. The predicted molar refractivity (Wildman–Crippen MR) is 130 cm³/mol. The number of aliphatic hydroxyl groups excluding tert-OH is 1. The van der Waals surface area contributed by atoms with Crippen LogP contribution in [0.3, 0.4) is 0 Å². The zero-order chi connectivity index (χ0) is 25.1. The van der Waals surface area contributed by atoms with Gasteiger partial charge in [0.2, 0.25) is 0 Å². The van der Waals surface area contributed by atoms with E-state index in [4.69, 9.17) is 18.9 Å². The molecule has 0 saturated carbocycles. The molecule has 2 heterocycles. The van der Waals surface area contributed by atoms with Crippen LogP contribution in [0, 0.1) is 0 Å². The number of rotatable bonds is 9. The maximum atomic E-state index is 13.2. The maximum Gasteiger partial charge on any atom is 0.295 e. The Bertz CT molecular complexity index is 1190. The van der Waals surface area contributed by atoms with Gasteiger partial charge in [0, 0.05) is 25.6 Å². The van der Waals surface area contributed by atoms with E-state index in [0.717, 1.165) is 11.3 Å². The Morgan fingerprint density at radius 1 is 1.20 bits per heavy atom. The standard InChI is InChI=1S/C27H29NO7/c1-5-11-34-21-9-6-17(15-22(21)33-4)24-23(26(30)27(31)28(24)10-12-32-3)25(29)18-7-8-20-19(14-18)13-16(2)35-20/h5-9,14-16,24,29H,1,10-13H2,2-4H3/t16-,24+/m0/s1. The molecule has 184 valence electrons. The Kier molecular flexibility index (Phi) is 7.12. The van der Waals surface area contributed by atoms with E-state index >= 15 is 0 Å². The van der Waals surface area contributed by atoms with Crippen LogP contribution in [-0.2, 0) is 20.7 Å². The number of carbonyl (C=O) groups excluding carboxylic acids is 2. The van der Waals surface area contributed by atoms with E-state index in [1.165, 1.54) is 19.1 Å². The van der Waals surface area contributed by atoms with Crippen LogP contribution >= 0.6 is 0 Å². The molecule has 2 aliphatic rings. The smallest absolute Gasteiger partial charge is 0.295 e. The first-order chi connectivity index (χ1) is 16.9. The fourth-order valence-electron chi connectivity index (χ4n) is 4.49. The molecule has 2 aliphatic heterocycles. The van der Waals surface area contributed by atoms with Gasteiger partial charge in [0.1, 0.15) is 24.2 Å². The topological polar surface area (TPSA) is 94.5 Å². The number of ketones is 1. The molecule has 4 rings (SSSR count). The Hall–Kier alpha value is -3.78. The molecule has 2 atom stereocenters. The number of fused-ring (bicyclic) bond motifs is 1. The summed E-state index contributed by atoms with van der Waals surface area (Å²) < 4.78 is 22.0. The van der Waals surface area contributed by atoms with Crippen LogP contribution in [0.4, 0.5) is 0 Å². The fourth-order valence-corrected chi connectivity index (χ4v) is 4.49. The third-order valence-electron chi connectivity index (χ3n) is 6.11. The van der Waals surface area contributed by atoms with Crippen LogP contribution in [0.15, 0.2) is 54.6 Å². The Morgan fingerprint density at radius 3 is 2.71 bits per heavy atom. The number of benzene rings is 2. The zero-order valence-electron chi connectivity index (χ0n) is 20.1. The molecule has 8 heteroatoms. The fraction of sp³-hybridized carbons (Fsp3) is 0.333. The highest BCUT2D eigenvalue weighted by atomic mass is 16.5. The van der Waals surface area contributed by atoms with Crippen molar-refractivity contribution in [3.05, 3.63) is 71.3 Å². The molecule has 1 amide bonds. The van der Waals surface area contributed by atoms with Gasteiger partial charge in [-0.1, -0.05) is 18.7 Å². The Balaban J connectivity index is 1.82. The highest BCUT2D eigenvalue weighted by molar-refractivity contribution is 6.46. The summed E-state index contributed by atoms with van der Waals surface area (Å²) in [6.45, 7) is 6.32. The second-order valence-electron chi connectivity index (χ2n) is 8.45. The van der Waals surface area contributed by atoms with Gasteiger partial charge >= 0.3 is 0 Å². The first-order valence-corrected chi connectivity index (χ1v) is 11.4. The lowest BCUT2D eigenvalue weighted by atomic mass is 9.94. The lowest BCUT2D eigenvalue weighted by molar-refractivity contribution is -0.140. The number of methoxy groups -OCH3 is 2. The molecular formula is C27H29NO7. The molecule has 0 bridgehead atoms. The minimum absolute atomic E-state index is 0.0137. The summed E-state index contributed by atoms with van der Waals surface area (Å²) in [6, 6.07) is 9.62. The largest absolute Gasteiger partial charge is 0.507 e. The van der Waals surface area contributed by atoms with Crippen molar-refractivity contribution in [2.24, 2.45) is 0 Å². The SMILES string of the molecule is C=CCOc1ccc([C@@H]2C(=C(O)c3ccc4c(c3)C[C@H](C)O4)C(=O)C(=O)N2CCOC)cc1OC. The predicted octanol–water partition coefficient (Wildman–Crippen LogP) is 3.65. The molecule has 2 aromatic carbocycles. The van der Waals surface area contributed by atoms with Gasteiger partial charge in [-0.2, -0.15) is 0 Å². The summed E-state index contributed by atoms with van der Waals surface area (Å²) in [7, 11) is 3.03. The molecule has 1 saturated heterocycles. The van der Waals surface area contributed by atoms with E-state index < -0.39 is 17.7 Å². The molecule has 0 aliphatic carbocycles. The van der Waals surface area contributed by atoms with Crippen LogP contribution < -0.4 is 14.2 Å². The van der Waals surface area contributed by atoms with E-state index in [2.05, 4.69) is 6.58 Å². The van der Waals surface area contributed by atoms with Gasteiger partial charge < -0.3 is 29.0 Å². The van der Waals surface area contributed by atoms with Gasteiger partial charge in [-0.05, 0) is 48.4 Å². The number of likely N-dealkylation sites (tertiary alicyclic amines) is 1. The number of hydrogen-bond donors (Lipinski definition) is 1. The third-order valence-corrected chi connectivity index (χ3v) is 6.11. The van der Waals surface area contributed by atoms with Gasteiger partial charge in [-0.15, -0.1) is 0 Å². The van der Waals surface area contributed by atoms with Crippen molar-refractivity contribution in [3.8, 4) is 17.2 Å². The Morgan fingerprint density at radius 2 is 2.00 bits per heavy atom. The molecule has 1 fully saturated rings. The van der Waals surface area contributed by atoms with Crippen LogP contribution in [-0.4, -0.2) is 61.8 Å². The molecule has 1 N–H and O–H groups in total. The van der Waals surface area contributed by atoms with E-state index in [9.17, 15) is 14.7 Å². The normalized spacial score (nSPS) is 20.5. The van der Waals surface area contributed by atoms with Gasteiger partial charge in [0.15, 0.2) is 11.5 Å². The van der Waals surface area contributed by atoms with E-state index in [1.54, 1.807) is 42.5 Å². The molecule has 2 aromatic rings. The molecular weight excluding hydrogens is 450 g/mol. The summed E-state index contributed by atoms with van der Waals surface area (Å²) in [6.07, 6.45) is 2.36. The number of Topliss-reactive ketones (excluding diaryl/α,β-unsaturated/α-hetero) is 1. The summed E-state index contributed by atoms with van der Waals surface area (Å²) >= 11 is 0. The van der Waals surface area contributed by atoms with E-state index in [-0.39, 0.29) is 30.6 Å². The number of carbonyl (C=O) groups is 2. The van der Waals surface area contributed by atoms with Crippen molar-refractivity contribution >= 4 is 17.4 Å². The first-order valence-electron chi connectivity index (χ1n) is 11.4. The summed E-state index contributed by atoms with van der Waals surface area (Å²) in [5.74, 6) is 0.00739. The summed E-state index contributed by atoms with van der Waals surface area (Å²) in [5.41, 5.74) is 2.01. The van der Waals surface area contributed by atoms with Crippen molar-refractivity contribution in [2.45, 2.75) is 25.5 Å². The van der Waals surface area contributed by atoms with E-state index in [0.29, 0.717) is 35.7 Å². The maximum absolute atomic E-state index is 13.2. The van der Waals surface area contributed by atoms with Crippen LogP contribution in [0.5, 0.6) is 17.2 Å². The number of hydrogen-bond acceptors (Lipinski definition) is 7. The first kappa shape index (κ1) is 24.3. The third kappa shape index (κ3) is 4.61. The highest BCUT2D eigenvalue weighted by Gasteiger charge is 2.46. The van der Waals surface area contributed by atoms with Gasteiger partial charge in [-0.3, -0.25) is 9.59 Å². The van der Waals surface area contributed by atoms with Crippen molar-refractivity contribution in [1.82, 2.24) is 4.90 Å². The molecule has 8 nitrogen and oxygen atoms in total. The molecule has 0 aromatic heterocycles. The molecule has 35 heavy (non-hydrogen) atoms. The number of ether oxygens (including phenoxy) is 4.